The lowest BCUT2D eigenvalue weighted by Gasteiger charge is -2.33. The van der Waals surface area contributed by atoms with E-state index >= 15 is 0 Å². The van der Waals surface area contributed by atoms with Gasteiger partial charge in [-0.2, -0.15) is 0 Å². The van der Waals surface area contributed by atoms with Crippen molar-refractivity contribution in [3.63, 3.8) is 0 Å². The number of amides is 1. The number of esters is 1. The van der Waals surface area contributed by atoms with E-state index in [0.29, 0.717) is 13.0 Å². The molecule has 0 N–H and O–H groups in total. The van der Waals surface area contributed by atoms with E-state index < -0.39 is 12.0 Å². The summed E-state index contributed by atoms with van der Waals surface area (Å²) in [5.41, 5.74) is 2.06. The van der Waals surface area contributed by atoms with Crippen LogP contribution in [0.2, 0.25) is 0 Å². The molecule has 1 amide bonds. The zero-order valence-corrected chi connectivity index (χ0v) is 14.6. The van der Waals surface area contributed by atoms with Gasteiger partial charge in [0, 0.05) is 37.3 Å². The molecule has 1 aromatic carbocycles. The van der Waals surface area contributed by atoms with Gasteiger partial charge in [0.15, 0.2) is 0 Å². The number of hydrogen-bond donors (Lipinski definition) is 0. The molecule has 0 fully saturated rings. The number of carbonyl (C=O) groups excluding carboxylic acids is 2. The van der Waals surface area contributed by atoms with Gasteiger partial charge in [0.2, 0.25) is 5.91 Å². The first-order valence-corrected chi connectivity index (χ1v) is 8.51. The van der Waals surface area contributed by atoms with Gasteiger partial charge >= 0.3 is 5.97 Å². The minimum atomic E-state index is -0.621. The van der Waals surface area contributed by atoms with Crippen LogP contribution >= 0.6 is 0 Å². The molecule has 0 radical (unpaired) electrons. The summed E-state index contributed by atoms with van der Waals surface area (Å²) in [7, 11) is 1.35. The van der Waals surface area contributed by atoms with E-state index in [4.69, 9.17) is 4.74 Å². The van der Waals surface area contributed by atoms with Gasteiger partial charge in [0.25, 0.3) is 0 Å². The lowest BCUT2D eigenvalue weighted by molar-refractivity contribution is -0.154. The molecule has 25 heavy (non-hydrogen) atoms. The van der Waals surface area contributed by atoms with Gasteiger partial charge in [-0.15, -0.1) is 0 Å². The fourth-order valence-electron chi connectivity index (χ4n) is 3.30. The number of rotatable bonds is 5. The van der Waals surface area contributed by atoms with E-state index in [1.54, 1.807) is 18.2 Å². The lowest BCUT2D eigenvalue weighted by Crippen LogP contribution is -2.47. The largest absolute Gasteiger partial charge is 0.467 e. The molecule has 0 saturated heterocycles. The molecule has 3 rings (SSSR count). The third-order valence-electron chi connectivity index (χ3n) is 4.81. The standard InChI is InChI=1S/C19H23N3O3/c1-14(19(24)25-2)22(12-15-6-4-3-5-7-15)18(23)16-8-9-21-13-20-11-17(21)10-16/h3-7,11,13-14,16H,8-10,12H2,1-2H3/t14-,16?/m0/s1. The highest BCUT2D eigenvalue weighted by Crippen LogP contribution is 2.24. The first-order valence-electron chi connectivity index (χ1n) is 8.51. The van der Waals surface area contributed by atoms with Crippen molar-refractivity contribution in [3.05, 3.63) is 54.1 Å². The maximum atomic E-state index is 13.2. The third kappa shape index (κ3) is 3.73. The Hall–Kier alpha value is -2.63. The Labute approximate surface area is 147 Å². The van der Waals surface area contributed by atoms with Crippen LogP contribution < -0.4 is 0 Å². The Morgan fingerprint density at radius 2 is 2.12 bits per heavy atom. The van der Waals surface area contributed by atoms with Crippen molar-refractivity contribution >= 4 is 11.9 Å². The van der Waals surface area contributed by atoms with Crippen LogP contribution in [0, 0.1) is 5.92 Å². The molecule has 0 saturated carbocycles. The second-order valence-corrected chi connectivity index (χ2v) is 6.42. The van der Waals surface area contributed by atoms with E-state index in [1.807, 2.05) is 36.5 Å². The maximum Gasteiger partial charge on any atom is 0.328 e. The zero-order chi connectivity index (χ0) is 17.8. The van der Waals surface area contributed by atoms with Gasteiger partial charge in [0.1, 0.15) is 6.04 Å². The maximum absolute atomic E-state index is 13.2. The first kappa shape index (κ1) is 17.2. The molecule has 1 aromatic heterocycles. The van der Waals surface area contributed by atoms with Crippen molar-refractivity contribution in [1.82, 2.24) is 14.5 Å². The van der Waals surface area contributed by atoms with Crippen molar-refractivity contribution in [3.8, 4) is 0 Å². The topological polar surface area (TPSA) is 64.4 Å². The summed E-state index contributed by atoms with van der Waals surface area (Å²) in [5, 5.41) is 0. The Morgan fingerprint density at radius 3 is 2.84 bits per heavy atom. The lowest BCUT2D eigenvalue weighted by atomic mass is 9.94. The molecule has 2 heterocycles. The SMILES string of the molecule is COC(=O)[C@H](C)N(Cc1ccccc1)C(=O)C1CCn2cncc2C1. The zero-order valence-electron chi connectivity index (χ0n) is 14.6. The number of aromatic nitrogens is 2. The average molecular weight is 341 g/mol. The quantitative estimate of drug-likeness (QED) is 0.781. The molecule has 0 aliphatic carbocycles. The third-order valence-corrected chi connectivity index (χ3v) is 4.81. The van der Waals surface area contributed by atoms with Gasteiger partial charge in [-0.25, -0.2) is 9.78 Å². The van der Waals surface area contributed by atoms with E-state index in [9.17, 15) is 9.59 Å². The minimum Gasteiger partial charge on any atom is -0.467 e. The number of fused-ring (bicyclic) bond motifs is 1. The molecule has 132 valence electrons. The van der Waals surface area contributed by atoms with Crippen LogP contribution in [-0.2, 0) is 33.8 Å². The number of hydrogen-bond acceptors (Lipinski definition) is 4. The second kappa shape index (κ2) is 7.51. The highest BCUT2D eigenvalue weighted by atomic mass is 16.5. The Morgan fingerprint density at radius 1 is 1.36 bits per heavy atom. The van der Waals surface area contributed by atoms with Crippen molar-refractivity contribution in [2.75, 3.05) is 7.11 Å². The molecule has 2 aromatic rings. The van der Waals surface area contributed by atoms with Gasteiger partial charge in [-0.05, 0) is 18.9 Å². The van der Waals surface area contributed by atoms with Crippen molar-refractivity contribution < 1.29 is 14.3 Å². The molecule has 6 heteroatoms. The smallest absolute Gasteiger partial charge is 0.328 e. The number of nitrogens with zero attached hydrogens (tertiary/aromatic N) is 3. The van der Waals surface area contributed by atoms with Crippen LogP contribution in [0.4, 0.5) is 0 Å². The van der Waals surface area contributed by atoms with Gasteiger partial charge in [-0.3, -0.25) is 4.79 Å². The fourth-order valence-corrected chi connectivity index (χ4v) is 3.30. The summed E-state index contributed by atoms with van der Waals surface area (Å²) in [5.74, 6) is -0.542. The minimum absolute atomic E-state index is 0.00537. The highest BCUT2D eigenvalue weighted by molar-refractivity contribution is 5.85. The van der Waals surface area contributed by atoms with E-state index in [1.165, 1.54) is 7.11 Å². The van der Waals surface area contributed by atoms with Crippen LogP contribution in [0.25, 0.3) is 0 Å². The summed E-state index contributed by atoms with van der Waals surface area (Å²) in [6.07, 6.45) is 5.01. The van der Waals surface area contributed by atoms with Gasteiger partial charge in [-0.1, -0.05) is 30.3 Å². The molecule has 2 atom stereocenters. The first-order chi connectivity index (χ1) is 12.1. The van der Waals surface area contributed by atoms with Crippen molar-refractivity contribution in [2.45, 2.75) is 38.9 Å². The summed E-state index contributed by atoms with van der Waals surface area (Å²) in [6, 6.07) is 9.09. The second-order valence-electron chi connectivity index (χ2n) is 6.42. The van der Waals surface area contributed by atoms with E-state index in [2.05, 4.69) is 9.55 Å². The highest BCUT2D eigenvalue weighted by Gasteiger charge is 2.33. The monoisotopic (exact) mass is 341 g/mol. The van der Waals surface area contributed by atoms with Crippen molar-refractivity contribution in [1.29, 1.82) is 0 Å². The molecule has 6 nitrogen and oxygen atoms in total. The van der Waals surface area contributed by atoms with E-state index in [0.717, 1.165) is 24.2 Å². The summed E-state index contributed by atoms with van der Waals surface area (Å²) in [6.45, 7) is 2.89. The summed E-state index contributed by atoms with van der Waals surface area (Å²) >= 11 is 0. The van der Waals surface area contributed by atoms with Gasteiger partial charge in [0.05, 0.1) is 13.4 Å². The number of carbonyl (C=O) groups is 2. The van der Waals surface area contributed by atoms with Crippen LogP contribution in [0.3, 0.4) is 0 Å². The number of aryl methyl sites for hydroxylation is 1. The fraction of sp³-hybridized carbons (Fsp3) is 0.421. The normalized spacial score (nSPS) is 17.4. The summed E-state index contributed by atoms with van der Waals surface area (Å²) < 4.78 is 6.94. The number of benzene rings is 1. The molecule has 0 bridgehead atoms. The van der Waals surface area contributed by atoms with Crippen LogP contribution in [0.5, 0.6) is 0 Å². The number of ether oxygens (including phenoxy) is 1. The molecule has 0 spiro atoms. The predicted molar refractivity (Wildman–Crippen MR) is 92.5 cm³/mol. The molecular formula is C19H23N3O3. The van der Waals surface area contributed by atoms with Crippen LogP contribution in [0.1, 0.15) is 24.6 Å². The van der Waals surface area contributed by atoms with E-state index in [-0.39, 0.29) is 11.8 Å². The number of imidazole rings is 1. The summed E-state index contributed by atoms with van der Waals surface area (Å²) in [4.78, 5) is 31.0. The van der Waals surface area contributed by atoms with Crippen LogP contribution in [-0.4, -0.2) is 39.5 Å². The van der Waals surface area contributed by atoms with Gasteiger partial charge < -0.3 is 14.2 Å². The Bertz CT molecular complexity index is 741. The molecular weight excluding hydrogens is 318 g/mol. The Balaban J connectivity index is 1.80. The molecule has 1 unspecified atom stereocenters. The van der Waals surface area contributed by atoms with Crippen molar-refractivity contribution in [2.24, 2.45) is 5.92 Å². The molecule has 1 aliphatic rings. The molecule has 1 aliphatic heterocycles. The average Bonchev–Trinajstić information content (AvgIpc) is 3.13. The Kier molecular flexibility index (Phi) is 5.16. The number of methoxy groups -OCH3 is 1. The predicted octanol–water partition coefficient (Wildman–Crippen LogP) is 2.04. The van der Waals surface area contributed by atoms with Crippen LogP contribution in [0.15, 0.2) is 42.9 Å².